The van der Waals surface area contributed by atoms with E-state index in [9.17, 15) is 24.3 Å². The standard InChI is InChI=1S/C39H36N4O6/c1-5-49-32-8-6-7-27(37(32)46)33-26-17-18-28-34(29(26)20-30-35(33)31(44)19-21(2)36(30)45)39(48)43(38(28)47)25-15-11-23(12-16-25)41-40-22-9-13-24(14-10-22)42(3)4/h6-17,19,28-29,33-34,46H,5,18,20H2,1-4H3. The number of carbonyl (C=O) groups is 4. The molecule has 1 saturated heterocycles. The number of fused-ring (bicyclic) bond motifs is 3. The fraction of sp³-hybridized carbons (Fsp3) is 0.282. The van der Waals surface area contributed by atoms with Crippen molar-refractivity contribution in [2.45, 2.75) is 32.6 Å². The van der Waals surface area contributed by atoms with Crippen LogP contribution in [0.25, 0.3) is 0 Å². The van der Waals surface area contributed by atoms with E-state index in [2.05, 4.69) is 10.2 Å². The summed E-state index contributed by atoms with van der Waals surface area (Å²) >= 11 is 0. The molecule has 1 heterocycles. The summed E-state index contributed by atoms with van der Waals surface area (Å²) in [4.78, 5) is 58.6. The molecule has 0 radical (unpaired) electrons. The van der Waals surface area contributed by atoms with Gasteiger partial charge >= 0.3 is 0 Å². The van der Waals surface area contributed by atoms with Gasteiger partial charge in [0.2, 0.25) is 11.8 Å². The molecule has 0 aromatic heterocycles. The van der Waals surface area contributed by atoms with Crippen LogP contribution in [-0.2, 0) is 19.2 Å². The first-order valence-corrected chi connectivity index (χ1v) is 16.4. The number of ketones is 2. The van der Waals surface area contributed by atoms with Gasteiger partial charge in [-0.3, -0.25) is 24.1 Å². The van der Waals surface area contributed by atoms with E-state index in [1.54, 1.807) is 49.4 Å². The van der Waals surface area contributed by atoms with Crippen molar-refractivity contribution in [1.82, 2.24) is 0 Å². The number of amides is 2. The highest BCUT2D eigenvalue weighted by atomic mass is 16.5. The summed E-state index contributed by atoms with van der Waals surface area (Å²) in [5.74, 6) is -3.70. The monoisotopic (exact) mass is 656 g/mol. The molecule has 3 aromatic carbocycles. The summed E-state index contributed by atoms with van der Waals surface area (Å²) in [6.07, 6.45) is 3.72. The van der Waals surface area contributed by atoms with Gasteiger partial charge in [0.05, 0.1) is 35.5 Å². The van der Waals surface area contributed by atoms with Crippen molar-refractivity contribution in [2.24, 2.45) is 28.0 Å². The highest BCUT2D eigenvalue weighted by Gasteiger charge is 2.56. The SMILES string of the molecule is CCOc1cccc(C2C3=CCC4C(=O)N(c5ccc(N=Nc6ccc(N(C)C)cc6)cc5)C(=O)C4C3CC3=C2C(=O)C=C(C)C3=O)c1O. The minimum absolute atomic E-state index is 0.116. The molecule has 1 aliphatic heterocycles. The third-order valence-corrected chi connectivity index (χ3v) is 9.96. The second-order valence-electron chi connectivity index (χ2n) is 13.0. The molecule has 3 aliphatic carbocycles. The number of hydrogen-bond acceptors (Lipinski definition) is 9. The van der Waals surface area contributed by atoms with E-state index in [4.69, 9.17) is 4.74 Å². The summed E-state index contributed by atoms with van der Waals surface area (Å²) in [7, 11) is 3.93. The number of anilines is 2. The smallest absolute Gasteiger partial charge is 0.238 e. The zero-order valence-corrected chi connectivity index (χ0v) is 27.7. The first-order chi connectivity index (χ1) is 23.6. The number of hydrogen-bond donors (Lipinski definition) is 1. The molecule has 0 spiro atoms. The molecule has 4 aliphatic rings. The first-order valence-electron chi connectivity index (χ1n) is 16.4. The topological polar surface area (TPSA) is 129 Å². The second kappa shape index (κ2) is 12.4. The minimum Gasteiger partial charge on any atom is -0.504 e. The van der Waals surface area contributed by atoms with Crippen molar-refractivity contribution < 1.29 is 29.0 Å². The van der Waals surface area contributed by atoms with E-state index in [0.29, 0.717) is 52.4 Å². The average Bonchev–Trinajstić information content (AvgIpc) is 3.36. The third-order valence-electron chi connectivity index (χ3n) is 9.96. The van der Waals surface area contributed by atoms with Crippen LogP contribution < -0.4 is 14.5 Å². The molecule has 7 rings (SSSR count). The minimum atomic E-state index is -0.767. The molecule has 0 bridgehead atoms. The summed E-state index contributed by atoms with van der Waals surface area (Å²) in [6.45, 7) is 3.74. The number of carbonyl (C=O) groups excluding carboxylic acids is 4. The Morgan fingerprint density at radius 2 is 1.57 bits per heavy atom. The number of para-hydroxylation sites is 1. The number of Topliss-reactive ketones (excluding diaryl/α,β-unsaturated/α-hetero) is 1. The van der Waals surface area contributed by atoms with Crippen molar-refractivity contribution in [1.29, 1.82) is 0 Å². The second-order valence-corrected chi connectivity index (χ2v) is 13.0. The maximum atomic E-state index is 14.3. The number of imide groups is 1. The lowest BCUT2D eigenvalue weighted by atomic mass is 9.59. The maximum absolute atomic E-state index is 14.3. The lowest BCUT2D eigenvalue weighted by Crippen LogP contribution is -2.39. The van der Waals surface area contributed by atoms with Crippen molar-refractivity contribution in [2.75, 3.05) is 30.5 Å². The van der Waals surface area contributed by atoms with Crippen LogP contribution >= 0.6 is 0 Å². The Bertz CT molecular complexity index is 2020. The highest BCUT2D eigenvalue weighted by molar-refractivity contribution is 6.25. The van der Waals surface area contributed by atoms with Gasteiger partial charge in [-0.15, -0.1) is 0 Å². The Labute approximate surface area is 284 Å². The van der Waals surface area contributed by atoms with Gasteiger partial charge in [-0.25, -0.2) is 0 Å². The van der Waals surface area contributed by atoms with E-state index in [0.717, 1.165) is 11.3 Å². The average molecular weight is 657 g/mol. The van der Waals surface area contributed by atoms with Gasteiger partial charge in [0.25, 0.3) is 0 Å². The zero-order chi connectivity index (χ0) is 34.6. The van der Waals surface area contributed by atoms with Gasteiger partial charge in [0.1, 0.15) is 0 Å². The van der Waals surface area contributed by atoms with Gasteiger partial charge in [-0.2, -0.15) is 10.2 Å². The fourth-order valence-corrected chi connectivity index (χ4v) is 7.64. The number of aromatic hydroxyl groups is 1. The van der Waals surface area contributed by atoms with Crippen LogP contribution in [0.3, 0.4) is 0 Å². The number of benzene rings is 3. The molecule has 4 atom stereocenters. The van der Waals surface area contributed by atoms with Gasteiger partial charge < -0.3 is 14.7 Å². The molecule has 10 heteroatoms. The number of ether oxygens (including phenoxy) is 1. The van der Waals surface area contributed by atoms with Gasteiger partial charge in [-0.05, 0) is 93.3 Å². The van der Waals surface area contributed by atoms with Gasteiger partial charge in [-0.1, -0.05) is 23.8 Å². The number of rotatable bonds is 7. The Kier molecular flexibility index (Phi) is 8.10. The van der Waals surface area contributed by atoms with Crippen LogP contribution in [0.1, 0.15) is 38.2 Å². The van der Waals surface area contributed by atoms with Crippen LogP contribution in [-0.4, -0.2) is 49.2 Å². The van der Waals surface area contributed by atoms with E-state index in [-0.39, 0.29) is 41.3 Å². The lowest BCUT2D eigenvalue weighted by molar-refractivity contribution is -0.123. The quantitative estimate of drug-likeness (QED) is 0.127. The molecule has 49 heavy (non-hydrogen) atoms. The van der Waals surface area contributed by atoms with Crippen LogP contribution in [0.15, 0.2) is 111 Å². The molecule has 3 aromatic rings. The molecular weight excluding hydrogens is 620 g/mol. The number of phenolic OH excluding ortho intramolecular Hbond substituents is 1. The Morgan fingerprint density at radius 3 is 2.22 bits per heavy atom. The highest BCUT2D eigenvalue weighted by Crippen LogP contribution is 2.57. The summed E-state index contributed by atoms with van der Waals surface area (Å²) < 4.78 is 5.66. The normalized spacial score (nSPS) is 23.3. The van der Waals surface area contributed by atoms with E-state index in [1.807, 2.05) is 56.3 Å². The maximum Gasteiger partial charge on any atom is 0.238 e. The Hall–Kier alpha value is -5.64. The zero-order valence-electron chi connectivity index (χ0n) is 27.7. The van der Waals surface area contributed by atoms with Crippen LogP contribution in [0.4, 0.5) is 22.7 Å². The van der Waals surface area contributed by atoms with Crippen molar-refractivity contribution in [3.8, 4) is 11.5 Å². The van der Waals surface area contributed by atoms with Crippen molar-refractivity contribution >= 4 is 46.1 Å². The predicted octanol–water partition coefficient (Wildman–Crippen LogP) is 6.91. The van der Waals surface area contributed by atoms with Gasteiger partial charge in [0.15, 0.2) is 23.1 Å². The predicted molar refractivity (Wildman–Crippen MR) is 184 cm³/mol. The molecular formula is C39H36N4O6. The molecule has 1 fully saturated rings. The Morgan fingerprint density at radius 1 is 0.898 bits per heavy atom. The molecule has 0 saturated carbocycles. The van der Waals surface area contributed by atoms with Crippen LogP contribution in [0.2, 0.25) is 0 Å². The van der Waals surface area contributed by atoms with E-state index >= 15 is 0 Å². The summed E-state index contributed by atoms with van der Waals surface area (Å²) in [5.41, 5.74) is 4.89. The van der Waals surface area contributed by atoms with Gasteiger partial charge in [0, 0.05) is 48.0 Å². The number of nitrogens with zero attached hydrogens (tertiary/aromatic N) is 4. The first kappa shape index (κ1) is 31.9. The summed E-state index contributed by atoms with van der Waals surface area (Å²) in [6, 6.07) is 19.5. The molecule has 2 amide bonds. The van der Waals surface area contributed by atoms with Crippen molar-refractivity contribution in [3.05, 3.63) is 107 Å². The molecule has 4 unspecified atom stereocenters. The number of azo groups is 1. The Balaban J connectivity index is 1.21. The number of allylic oxidation sites excluding steroid dienone is 6. The van der Waals surface area contributed by atoms with E-state index in [1.165, 1.54) is 11.0 Å². The molecule has 248 valence electrons. The van der Waals surface area contributed by atoms with Crippen LogP contribution in [0, 0.1) is 17.8 Å². The fourth-order valence-electron chi connectivity index (χ4n) is 7.64. The molecule has 1 N–H and O–H groups in total. The largest absolute Gasteiger partial charge is 0.504 e. The molecule has 10 nitrogen and oxygen atoms in total. The van der Waals surface area contributed by atoms with Crippen molar-refractivity contribution in [3.63, 3.8) is 0 Å². The number of phenols is 1. The third kappa shape index (κ3) is 5.37. The lowest BCUT2D eigenvalue weighted by Gasteiger charge is -2.42. The summed E-state index contributed by atoms with van der Waals surface area (Å²) in [5, 5.41) is 20.0. The van der Waals surface area contributed by atoms with Crippen LogP contribution in [0.5, 0.6) is 11.5 Å². The van der Waals surface area contributed by atoms with E-state index < -0.39 is 23.7 Å².